The number of aryl methyl sites for hydroxylation is 2. The Balaban J connectivity index is 1.50. The maximum atomic E-state index is 12.7. The van der Waals surface area contributed by atoms with Crippen LogP contribution in [0, 0.1) is 18.8 Å². The SMILES string of the molecule is Cc1c(C(=O)OCC(=O)N2C[C@@H](C)C[C@H](C)C2)sc2nc3n(c(=O)c12)CCC3. The van der Waals surface area contributed by atoms with Gasteiger partial charge in [0.25, 0.3) is 11.5 Å². The molecular formula is C20H25N3O4S. The van der Waals surface area contributed by atoms with E-state index >= 15 is 0 Å². The predicted octanol–water partition coefficient (Wildman–Crippen LogP) is 2.37. The van der Waals surface area contributed by atoms with Gasteiger partial charge in [0.05, 0.1) is 5.39 Å². The zero-order chi connectivity index (χ0) is 20.0. The van der Waals surface area contributed by atoms with E-state index in [2.05, 4.69) is 18.8 Å². The van der Waals surface area contributed by atoms with Crippen molar-refractivity contribution in [1.29, 1.82) is 0 Å². The van der Waals surface area contributed by atoms with Crippen LogP contribution in [0.5, 0.6) is 0 Å². The molecule has 0 bridgehead atoms. The maximum absolute atomic E-state index is 12.7. The van der Waals surface area contributed by atoms with Crippen molar-refractivity contribution in [3.05, 3.63) is 26.6 Å². The highest BCUT2D eigenvalue weighted by Gasteiger charge is 2.27. The fourth-order valence-electron chi connectivity index (χ4n) is 4.42. The lowest BCUT2D eigenvalue weighted by Gasteiger charge is -2.34. The molecule has 1 saturated heterocycles. The van der Waals surface area contributed by atoms with E-state index in [9.17, 15) is 14.4 Å². The van der Waals surface area contributed by atoms with E-state index < -0.39 is 5.97 Å². The molecule has 0 aliphatic carbocycles. The number of nitrogens with zero attached hydrogens (tertiary/aromatic N) is 3. The number of thiophene rings is 1. The van der Waals surface area contributed by atoms with Crippen molar-refractivity contribution in [1.82, 2.24) is 14.5 Å². The molecule has 0 spiro atoms. The van der Waals surface area contributed by atoms with Gasteiger partial charge in [-0.25, -0.2) is 9.78 Å². The molecule has 4 rings (SSSR count). The standard InChI is InChI=1S/C20H25N3O4S/c1-11-7-12(2)9-22(8-11)15(24)10-27-20(26)17-13(3)16-18(28-17)21-14-5-4-6-23(14)19(16)25/h11-12H,4-10H2,1-3H3/t11-,12-/m0/s1. The second-order valence-corrected chi connectivity index (χ2v) is 9.14. The highest BCUT2D eigenvalue weighted by atomic mass is 32.1. The Morgan fingerprint density at radius 1 is 1.25 bits per heavy atom. The second kappa shape index (κ2) is 7.31. The number of hydrogen-bond acceptors (Lipinski definition) is 6. The smallest absolute Gasteiger partial charge is 0.349 e. The summed E-state index contributed by atoms with van der Waals surface area (Å²) in [5, 5.41) is 0.493. The molecular weight excluding hydrogens is 378 g/mol. The molecule has 2 aromatic heterocycles. The second-order valence-electron chi connectivity index (χ2n) is 8.15. The number of amides is 1. The summed E-state index contributed by atoms with van der Waals surface area (Å²) >= 11 is 1.18. The number of aromatic nitrogens is 2. The normalized spacial score (nSPS) is 21.8. The Bertz CT molecular complexity index is 999. The number of esters is 1. The molecule has 0 unspecified atom stereocenters. The molecule has 8 heteroatoms. The largest absolute Gasteiger partial charge is 0.451 e. The van der Waals surface area contributed by atoms with Crippen molar-refractivity contribution in [2.75, 3.05) is 19.7 Å². The molecule has 0 saturated carbocycles. The van der Waals surface area contributed by atoms with Crippen molar-refractivity contribution in [2.24, 2.45) is 11.8 Å². The van der Waals surface area contributed by atoms with Gasteiger partial charge in [-0.05, 0) is 37.2 Å². The molecule has 28 heavy (non-hydrogen) atoms. The van der Waals surface area contributed by atoms with Gasteiger partial charge in [-0.2, -0.15) is 0 Å². The molecule has 150 valence electrons. The van der Waals surface area contributed by atoms with Crippen LogP contribution in [0.15, 0.2) is 4.79 Å². The Morgan fingerprint density at radius 2 is 1.96 bits per heavy atom. The molecule has 0 N–H and O–H groups in total. The monoisotopic (exact) mass is 403 g/mol. The summed E-state index contributed by atoms with van der Waals surface area (Å²) in [6.45, 7) is 7.82. The van der Waals surface area contributed by atoms with Crippen molar-refractivity contribution >= 4 is 33.4 Å². The molecule has 2 atom stereocenters. The van der Waals surface area contributed by atoms with Crippen molar-refractivity contribution < 1.29 is 14.3 Å². The van der Waals surface area contributed by atoms with Gasteiger partial charge >= 0.3 is 5.97 Å². The number of hydrogen-bond donors (Lipinski definition) is 0. The van der Waals surface area contributed by atoms with Crippen LogP contribution in [-0.2, 0) is 22.5 Å². The third-order valence-electron chi connectivity index (χ3n) is 5.65. The topological polar surface area (TPSA) is 81.5 Å². The summed E-state index contributed by atoms with van der Waals surface area (Å²) < 4.78 is 7.00. The van der Waals surface area contributed by atoms with E-state index in [1.165, 1.54) is 11.3 Å². The number of likely N-dealkylation sites (tertiary alicyclic amines) is 1. The van der Waals surface area contributed by atoms with Gasteiger partial charge in [0.15, 0.2) is 6.61 Å². The van der Waals surface area contributed by atoms with E-state index in [1.807, 2.05) is 0 Å². The first-order valence-electron chi connectivity index (χ1n) is 9.82. The van der Waals surface area contributed by atoms with Crippen LogP contribution in [0.4, 0.5) is 0 Å². The highest BCUT2D eigenvalue weighted by Crippen LogP contribution is 2.29. The number of fused-ring (bicyclic) bond motifs is 2. The first-order valence-corrected chi connectivity index (χ1v) is 10.6. The molecule has 4 heterocycles. The average Bonchev–Trinajstić information content (AvgIpc) is 3.24. The van der Waals surface area contributed by atoms with Gasteiger partial charge in [-0.1, -0.05) is 13.8 Å². The third kappa shape index (κ3) is 3.34. The molecule has 2 aromatic rings. The van der Waals surface area contributed by atoms with Crippen LogP contribution in [-0.4, -0.2) is 46.0 Å². The maximum Gasteiger partial charge on any atom is 0.349 e. The molecule has 7 nitrogen and oxygen atoms in total. The van der Waals surface area contributed by atoms with E-state index in [1.54, 1.807) is 16.4 Å². The van der Waals surface area contributed by atoms with Gasteiger partial charge in [0, 0.05) is 26.1 Å². The van der Waals surface area contributed by atoms with Crippen molar-refractivity contribution in [3.8, 4) is 0 Å². The molecule has 0 radical (unpaired) electrons. The summed E-state index contributed by atoms with van der Waals surface area (Å²) in [6, 6.07) is 0. The van der Waals surface area contributed by atoms with Crippen LogP contribution < -0.4 is 5.56 Å². The third-order valence-corrected chi connectivity index (χ3v) is 6.81. The van der Waals surface area contributed by atoms with Gasteiger partial charge in [-0.15, -0.1) is 11.3 Å². The van der Waals surface area contributed by atoms with Crippen molar-refractivity contribution in [3.63, 3.8) is 0 Å². The zero-order valence-corrected chi connectivity index (χ0v) is 17.3. The molecule has 1 fully saturated rings. The van der Waals surface area contributed by atoms with Crippen LogP contribution >= 0.6 is 11.3 Å². The van der Waals surface area contributed by atoms with Gasteiger partial charge < -0.3 is 9.64 Å². The summed E-state index contributed by atoms with van der Waals surface area (Å²) in [5.41, 5.74) is 0.509. The molecule has 2 aliphatic heterocycles. The Labute approximate surface area is 167 Å². The van der Waals surface area contributed by atoms with E-state index in [0.29, 0.717) is 52.1 Å². The fourth-order valence-corrected chi connectivity index (χ4v) is 5.50. The van der Waals surface area contributed by atoms with Crippen LogP contribution in [0.2, 0.25) is 0 Å². The first-order chi connectivity index (χ1) is 13.3. The first kappa shape index (κ1) is 19.1. The minimum Gasteiger partial charge on any atom is -0.451 e. The number of piperidine rings is 1. The Hall–Kier alpha value is -2.22. The van der Waals surface area contributed by atoms with E-state index in [4.69, 9.17) is 4.74 Å². The minimum atomic E-state index is -0.559. The summed E-state index contributed by atoms with van der Waals surface area (Å²) in [7, 11) is 0. The highest BCUT2D eigenvalue weighted by molar-refractivity contribution is 7.20. The predicted molar refractivity (Wildman–Crippen MR) is 107 cm³/mol. The molecule has 2 aliphatic rings. The lowest BCUT2D eigenvalue weighted by atomic mass is 9.92. The Morgan fingerprint density at radius 3 is 2.68 bits per heavy atom. The van der Waals surface area contributed by atoms with Crippen LogP contribution in [0.3, 0.4) is 0 Å². The average molecular weight is 404 g/mol. The van der Waals surface area contributed by atoms with Crippen LogP contribution in [0.1, 0.15) is 47.7 Å². The lowest BCUT2D eigenvalue weighted by Crippen LogP contribution is -2.44. The summed E-state index contributed by atoms with van der Waals surface area (Å²) in [4.78, 5) is 45.1. The Kier molecular flexibility index (Phi) is 4.99. The van der Waals surface area contributed by atoms with Gasteiger partial charge in [0.2, 0.25) is 0 Å². The molecule has 0 aromatic carbocycles. The van der Waals surface area contributed by atoms with E-state index in [-0.39, 0.29) is 18.1 Å². The summed E-state index contributed by atoms with van der Waals surface area (Å²) in [5.74, 6) is 0.963. The fraction of sp³-hybridized carbons (Fsp3) is 0.600. The van der Waals surface area contributed by atoms with Gasteiger partial charge in [0.1, 0.15) is 15.5 Å². The minimum absolute atomic E-state index is 0.0855. The zero-order valence-electron chi connectivity index (χ0n) is 16.5. The number of carbonyl (C=O) groups excluding carboxylic acids is 2. The number of ether oxygens (including phenoxy) is 1. The van der Waals surface area contributed by atoms with E-state index in [0.717, 1.165) is 25.1 Å². The number of rotatable bonds is 3. The van der Waals surface area contributed by atoms with Crippen LogP contribution in [0.25, 0.3) is 10.2 Å². The van der Waals surface area contributed by atoms with Gasteiger partial charge in [-0.3, -0.25) is 14.2 Å². The van der Waals surface area contributed by atoms with Crippen molar-refractivity contribution in [2.45, 2.75) is 46.6 Å². The quantitative estimate of drug-likeness (QED) is 0.735. The number of carbonyl (C=O) groups is 2. The molecule has 1 amide bonds. The summed E-state index contributed by atoms with van der Waals surface area (Å²) in [6.07, 6.45) is 2.81. The lowest BCUT2D eigenvalue weighted by molar-refractivity contribution is -0.137.